The standard InChI is InChI=1S/C13H19F3N2O/c1-12(2,7-4-8-19)9-17-11-6-3-5-10(18-11)13(14,15)16/h3,5-6,19H,4,7-9H2,1-2H3,(H,17,18). The van der Waals surface area contributed by atoms with Crippen molar-refractivity contribution in [2.75, 3.05) is 18.5 Å². The van der Waals surface area contributed by atoms with Crippen LogP contribution in [-0.2, 0) is 6.18 Å². The van der Waals surface area contributed by atoms with Crippen molar-refractivity contribution in [3.8, 4) is 0 Å². The molecule has 0 aliphatic heterocycles. The number of alkyl halides is 3. The highest BCUT2D eigenvalue weighted by Gasteiger charge is 2.32. The smallest absolute Gasteiger partial charge is 0.396 e. The summed E-state index contributed by atoms with van der Waals surface area (Å²) < 4.78 is 37.5. The van der Waals surface area contributed by atoms with Gasteiger partial charge in [-0.2, -0.15) is 13.2 Å². The molecular weight excluding hydrogens is 257 g/mol. The van der Waals surface area contributed by atoms with E-state index in [0.717, 1.165) is 12.5 Å². The van der Waals surface area contributed by atoms with E-state index in [1.807, 2.05) is 13.8 Å². The summed E-state index contributed by atoms with van der Waals surface area (Å²) in [6.07, 6.45) is -2.97. The molecule has 0 bridgehead atoms. The maximum absolute atomic E-state index is 12.5. The van der Waals surface area contributed by atoms with Crippen molar-refractivity contribution in [3.05, 3.63) is 23.9 Å². The number of rotatable bonds is 6. The van der Waals surface area contributed by atoms with E-state index in [0.29, 0.717) is 13.0 Å². The number of hydrogen-bond donors (Lipinski definition) is 2. The highest BCUT2D eigenvalue weighted by Crippen LogP contribution is 2.28. The molecule has 2 N–H and O–H groups in total. The SMILES string of the molecule is CC(C)(CCCO)CNc1cccc(C(F)(F)F)n1. The Morgan fingerprint density at radius 1 is 1.26 bits per heavy atom. The normalized spacial score (nSPS) is 12.5. The fourth-order valence-electron chi connectivity index (χ4n) is 1.67. The maximum Gasteiger partial charge on any atom is 0.433 e. The molecule has 0 saturated carbocycles. The third-order valence-electron chi connectivity index (χ3n) is 2.80. The molecule has 0 aliphatic rings. The van der Waals surface area contributed by atoms with Gasteiger partial charge in [0, 0.05) is 13.2 Å². The number of aromatic nitrogens is 1. The molecule has 0 amide bonds. The van der Waals surface area contributed by atoms with Gasteiger partial charge in [0.1, 0.15) is 11.5 Å². The summed E-state index contributed by atoms with van der Waals surface area (Å²) in [6, 6.07) is 3.79. The van der Waals surface area contributed by atoms with E-state index in [4.69, 9.17) is 5.11 Å². The summed E-state index contributed by atoms with van der Waals surface area (Å²) in [4.78, 5) is 3.54. The average molecular weight is 276 g/mol. The zero-order valence-corrected chi connectivity index (χ0v) is 11.1. The van der Waals surface area contributed by atoms with E-state index >= 15 is 0 Å². The number of hydrogen-bond acceptors (Lipinski definition) is 3. The van der Waals surface area contributed by atoms with E-state index < -0.39 is 11.9 Å². The average Bonchev–Trinajstić information content (AvgIpc) is 2.34. The second-order valence-electron chi connectivity index (χ2n) is 5.25. The van der Waals surface area contributed by atoms with Crippen molar-refractivity contribution in [2.45, 2.75) is 32.9 Å². The quantitative estimate of drug-likeness (QED) is 0.838. The summed E-state index contributed by atoms with van der Waals surface area (Å²) in [5.41, 5.74) is -1.01. The highest BCUT2D eigenvalue weighted by atomic mass is 19.4. The Morgan fingerprint density at radius 2 is 1.95 bits per heavy atom. The Balaban J connectivity index is 2.63. The molecule has 6 heteroatoms. The Hall–Kier alpha value is -1.30. The van der Waals surface area contributed by atoms with Crippen LogP contribution < -0.4 is 5.32 Å². The van der Waals surface area contributed by atoms with Crippen LogP contribution in [0.2, 0.25) is 0 Å². The minimum absolute atomic E-state index is 0.112. The first-order valence-corrected chi connectivity index (χ1v) is 6.14. The molecule has 0 aromatic carbocycles. The van der Waals surface area contributed by atoms with Crippen molar-refractivity contribution in [2.24, 2.45) is 5.41 Å². The first kappa shape index (κ1) is 15.8. The van der Waals surface area contributed by atoms with E-state index in [1.54, 1.807) is 0 Å². The van der Waals surface area contributed by atoms with Crippen LogP contribution in [0, 0.1) is 5.41 Å². The highest BCUT2D eigenvalue weighted by molar-refractivity contribution is 5.36. The summed E-state index contributed by atoms with van der Waals surface area (Å²) in [5.74, 6) is 0.215. The number of aliphatic hydroxyl groups is 1. The molecule has 0 atom stereocenters. The van der Waals surface area contributed by atoms with Crippen molar-refractivity contribution < 1.29 is 18.3 Å². The number of nitrogens with one attached hydrogen (secondary N) is 1. The fraction of sp³-hybridized carbons (Fsp3) is 0.615. The summed E-state index contributed by atoms with van der Waals surface area (Å²) in [7, 11) is 0. The molecule has 1 rings (SSSR count). The Labute approximate surface area is 110 Å². The van der Waals surface area contributed by atoms with Gasteiger partial charge in [-0.15, -0.1) is 0 Å². The molecule has 108 valence electrons. The number of halogens is 3. The van der Waals surface area contributed by atoms with Crippen LogP contribution >= 0.6 is 0 Å². The molecule has 0 saturated heterocycles. The number of nitrogens with zero attached hydrogens (tertiary/aromatic N) is 1. The van der Waals surface area contributed by atoms with Gasteiger partial charge >= 0.3 is 6.18 Å². The van der Waals surface area contributed by atoms with Gasteiger partial charge in [-0.25, -0.2) is 4.98 Å². The van der Waals surface area contributed by atoms with Crippen molar-refractivity contribution in [1.82, 2.24) is 4.98 Å². The second-order valence-corrected chi connectivity index (χ2v) is 5.25. The molecule has 1 aromatic heterocycles. The van der Waals surface area contributed by atoms with Gasteiger partial charge in [-0.3, -0.25) is 0 Å². The molecule has 0 radical (unpaired) electrons. The topological polar surface area (TPSA) is 45.1 Å². The first-order chi connectivity index (χ1) is 8.74. The van der Waals surface area contributed by atoms with Gasteiger partial charge in [-0.1, -0.05) is 19.9 Å². The first-order valence-electron chi connectivity index (χ1n) is 6.14. The van der Waals surface area contributed by atoms with Crippen LogP contribution in [0.5, 0.6) is 0 Å². The van der Waals surface area contributed by atoms with Crippen molar-refractivity contribution in [1.29, 1.82) is 0 Å². The van der Waals surface area contributed by atoms with Crippen LogP contribution in [0.3, 0.4) is 0 Å². The van der Waals surface area contributed by atoms with E-state index in [1.165, 1.54) is 12.1 Å². The second kappa shape index (κ2) is 6.23. The van der Waals surface area contributed by atoms with Gasteiger partial charge in [0.05, 0.1) is 0 Å². The molecule has 1 heterocycles. The zero-order chi connectivity index (χ0) is 14.5. The van der Waals surface area contributed by atoms with Crippen molar-refractivity contribution in [3.63, 3.8) is 0 Å². The molecular formula is C13H19F3N2O. The minimum atomic E-state index is -4.43. The number of anilines is 1. The van der Waals surface area contributed by atoms with Gasteiger partial charge in [0.25, 0.3) is 0 Å². The molecule has 0 fully saturated rings. The molecule has 19 heavy (non-hydrogen) atoms. The van der Waals surface area contributed by atoms with E-state index in [2.05, 4.69) is 10.3 Å². The lowest BCUT2D eigenvalue weighted by molar-refractivity contribution is -0.141. The fourth-order valence-corrected chi connectivity index (χ4v) is 1.67. The van der Waals surface area contributed by atoms with Crippen LogP contribution in [0.4, 0.5) is 19.0 Å². The third-order valence-corrected chi connectivity index (χ3v) is 2.80. The Kier molecular flexibility index (Phi) is 5.17. The third kappa shape index (κ3) is 5.46. The lowest BCUT2D eigenvalue weighted by Crippen LogP contribution is -2.24. The lowest BCUT2D eigenvalue weighted by Gasteiger charge is -2.25. The Morgan fingerprint density at radius 3 is 2.53 bits per heavy atom. The lowest BCUT2D eigenvalue weighted by atomic mass is 9.88. The van der Waals surface area contributed by atoms with E-state index in [-0.39, 0.29) is 17.8 Å². The van der Waals surface area contributed by atoms with Crippen LogP contribution in [0.25, 0.3) is 0 Å². The number of pyridine rings is 1. The summed E-state index contributed by atoms with van der Waals surface area (Å²) >= 11 is 0. The van der Waals surface area contributed by atoms with Crippen LogP contribution in [-0.4, -0.2) is 23.2 Å². The monoisotopic (exact) mass is 276 g/mol. The molecule has 3 nitrogen and oxygen atoms in total. The predicted octanol–water partition coefficient (Wildman–Crippen LogP) is 3.31. The van der Waals surface area contributed by atoms with Crippen molar-refractivity contribution >= 4 is 5.82 Å². The minimum Gasteiger partial charge on any atom is -0.396 e. The predicted molar refractivity (Wildman–Crippen MR) is 67.8 cm³/mol. The van der Waals surface area contributed by atoms with Gasteiger partial charge in [-0.05, 0) is 30.4 Å². The Bertz CT molecular complexity index is 405. The molecule has 0 aliphatic carbocycles. The van der Waals surface area contributed by atoms with Gasteiger partial charge < -0.3 is 10.4 Å². The van der Waals surface area contributed by atoms with Crippen LogP contribution in [0.15, 0.2) is 18.2 Å². The largest absolute Gasteiger partial charge is 0.433 e. The maximum atomic E-state index is 12.5. The summed E-state index contributed by atoms with van der Waals surface area (Å²) in [5, 5.41) is 11.7. The molecule has 0 unspecified atom stereocenters. The summed E-state index contributed by atoms with van der Waals surface area (Å²) in [6.45, 7) is 4.60. The molecule has 0 spiro atoms. The van der Waals surface area contributed by atoms with Gasteiger partial charge in [0.2, 0.25) is 0 Å². The van der Waals surface area contributed by atoms with Gasteiger partial charge in [0.15, 0.2) is 0 Å². The van der Waals surface area contributed by atoms with E-state index in [9.17, 15) is 13.2 Å². The zero-order valence-electron chi connectivity index (χ0n) is 11.1. The van der Waals surface area contributed by atoms with Crippen LogP contribution in [0.1, 0.15) is 32.4 Å². The molecule has 1 aromatic rings. The number of aliphatic hydroxyl groups excluding tert-OH is 1.